The molecule has 3 N–H and O–H groups in total. The van der Waals surface area contributed by atoms with Gasteiger partial charge in [0.1, 0.15) is 5.75 Å². The first-order valence-corrected chi connectivity index (χ1v) is 7.13. The Kier molecular flexibility index (Phi) is 8.78. The first-order valence-electron chi connectivity index (χ1n) is 7.13. The highest BCUT2D eigenvalue weighted by Gasteiger charge is 2.02. The summed E-state index contributed by atoms with van der Waals surface area (Å²) in [6.45, 7) is 3.69. The normalized spacial score (nSPS) is 12.2. The Morgan fingerprint density at radius 2 is 1.95 bits per heavy atom. The van der Waals surface area contributed by atoms with Gasteiger partial charge in [0.2, 0.25) is 0 Å². The van der Waals surface area contributed by atoms with E-state index < -0.39 is 6.29 Å². The summed E-state index contributed by atoms with van der Waals surface area (Å²) >= 11 is 0. The van der Waals surface area contributed by atoms with Gasteiger partial charge in [0.05, 0.1) is 13.2 Å². The average Bonchev–Trinajstić information content (AvgIpc) is 2.46. The van der Waals surface area contributed by atoms with E-state index in [9.17, 15) is 5.11 Å². The fourth-order valence-corrected chi connectivity index (χ4v) is 1.76. The van der Waals surface area contributed by atoms with E-state index in [1.807, 2.05) is 31.2 Å². The monoisotopic (exact) mass is 283 g/mol. The Hall–Kier alpha value is -1.30. The number of nitrogens with one attached hydrogen (secondary N) is 1. The van der Waals surface area contributed by atoms with Crippen LogP contribution in [0, 0.1) is 0 Å². The molecule has 0 aromatic heterocycles. The molecule has 0 aliphatic rings. The molecule has 20 heavy (non-hydrogen) atoms. The van der Waals surface area contributed by atoms with Crippen molar-refractivity contribution in [3.8, 4) is 5.75 Å². The lowest BCUT2D eigenvalue weighted by Crippen LogP contribution is -2.11. The van der Waals surface area contributed by atoms with Crippen molar-refractivity contribution < 1.29 is 19.7 Å². The molecule has 1 aromatic carbocycles. The van der Waals surface area contributed by atoms with Gasteiger partial charge >= 0.3 is 0 Å². The van der Waals surface area contributed by atoms with Gasteiger partial charge in [-0.2, -0.15) is 0 Å². The van der Waals surface area contributed by atoms with Gasteiger partial charge in [-0.3, -0.25) is 0 Å². The van der Waals surface area contributed by atoms with Gasteiger partial charge in [0, 0.05) is 18.8 Å². The summed E-state index contributed by atoms with van der Waals surface area (Å²) in [5, 5.41) is 21.2. The number of aliphatic hydroxyl groups is 2. The van der Waals surface area contributed by atoms with Crippen LogP contribution >= 0.6 is 0 Å². The second-order valence-electron chi connectivity index (χ2n) is 4.43. The van der Waals surface area contributed by atoms with E-state index in [0.29, 0.717) is 26.2 Å². The number of aliphatic hydroxyl groups excluding tert-OH is 2. The molecule has 0 heterocycles. The number of hydrogen-bond acceptors (Lipinski definition) is 5. The first kappa shape index (κ1) is 16.8. The van der Waals surface area contributed by atoms with Crippen LogP contribution in [-0.2, 0) is 4.74 Å². The molecule has 114 valence electrons. The van der Waals surface area contributed by atoms with E-state index in [2.05, 4.69) is 5.32 Å². The van der Waals surface area contributed by atoms with Crippen molar-refractivity contribution in [1.82, 2.24) is 0 Å². The van der Waals surface area contributed by atoms with Gasteiger partial charge in [-0.05, 0) is 50.5 Å². The predicted octanol–water partition coefficient (Wildman–Crippen LogP) is 1.99. The Morgan fingerprint density at radius 3 is 2.60 bits per heavy atom. The predicted molar refractivity (Wildman–Crippen MR) is 79.0 cm³/mol. The summed E-state index contributed by atoms with van der Waals surface area (Å²) in [7, 11) is 0. The first-order chi connectivity index (χ1) is 9.76. The molecule has 0 amide bonds. The van der Waals surface area contributed by atoms with Gasteiger partial charge in [-0.15, -0.1) is 0 Å². The van der Waals surface area contributed by atoms with E-state index in [1.165, 1.54) is 0 Å². The average molecular weight is 283 g/mol. The highest BCUT2D eigenvalue weighted by molar-refractivity contribution is 5.46. The number of ether oxygens (including phenoxy) is 2. The van der Waals surface area contributed by atoms with Crippen LogP contribution in [0.3, 0.4) is 0 Å². The molecule has 5 heteroatoms. The summed E-state index contributed by atoms with van der Waals surface area (Å²) < 4.78 is 10.6. The standard InChI is InChI=1S/C15H25NO4/c1-2-19-15(18)5-3-4-12-20-14-8-6-13(7-9-14)16-10-11-17/h6-9,15-18H,2-5,10-12H2,1H3. The summed E-state index contributed by atoms with van der Waals surface area (Å²) in [6.07, 6.45) is 1.74. The molecule has 0 aliphatic carbocycles. The molecule has 0 spiro atoms. The SMILES string of the molecule is CCOC(O)CCCCOc1ccc(NCCO)cc1. The van der Waals surface area contributed by atoms with Crippen molar-refractivity contribution in [3.63, 3.8) is 0 Å². The second-order valence-corrected chi connectivity index (χ2v) is 4.43. The Morgan fingerprint density at radius 1 is 1.20 bits per heavy atom. The molecule has 1 unspecified atom stereocenters. The van der Waals surface area contributed by atoms with E-state index in [0.717, 1.165) is 24.3 Å². The van der Waals surface area contributed by atoms with Crippen LogP contribution in [-0.4, -0.2) is 42.9 Å². The molecule has 0 bridgehead atoms. The summed E-state index contributed by atoms with van der Waals surface area (Å²) in [5.41, 5.74) is 0.964. The molecule has 1 aromatic rings. The Balaban J connectivity index is 2.12. The molecule has 0 saturated carbocycles. The fraction of sp³-hybridized carbons (Fsp3) is 0.600. The van der Waals surface area contributed by atoms with Crippen molar-refractivity contribution in [3.05, 3.63) is 24.3 Å². The van der Waals surface area contributed by atoms with Crippen molar-refractivity contribution in [2.45, 2.75) is 32.5 Å². The third kappa shape index (κ3) is 7.33. The number of rotatable bonds is 11. The van der Waals surface area contributed by atoms with Crippen LogP contribution < -0.4 is 10.1 Å². The zero-order valence-electron chi connectivity index (χ0n) is 12.0. The zero-order chi connectivity index (χ0) is 14.6. The van der Waals surface area contributed by atoms with E-state index >= 15 is 0 Å². The lowest BCUT2D eigenvalue weighted by Gasteiger charge is -2.11. The third-order valence-corrected chi connectivity index (χ3v) is 2.77. The molecular formula is C15H25NO4. The van der Waals surface area contributed by atoms with Crippen molar-refractivity contribution in [2.75, 3.05) is 31.7 Å². The maximum Gasteiger partial charge on any atom is 0.154 e. The van der Waals surface area contributed by atoms with Crippen LogP contribution in [0.1, 0.15) is 26.2 Å². The maximum atomic E-state index is 9.38. The largest absolute Gasteiger partial charge is 0.494 e. The van der Waals surface area contributed by atoms with E-state index in [4.69, 9.17) is 14.6 Å². The highest BCUT2D eigenvalue weighted by atomic mass is 16.6. The lowest BCUT2D eigenvalue weighted by molar-refractivity contribution is -0.0995. The van der Waals surface area contributed by atoms with Crippen LogP contribution in [0.2, 0.25) is 0 Å². The smallest absolute Gasteiger partial charge is 0.154 e. The van der Waals surface area contributed by atoms with Crippen LogP contribution in [0.5, 0.6) is 5.75 Å². The van der Waals surface area contributed by atoms with Crippen LogP contribution in [0.25, 0.3) is 0 Å². The third-order valence-electron chi connectivity index (χ3n) is 2.77. The Labute approximate surface area is 120 Å². The summed E-state index contributed by atoms with van der Waals surface area (Å²) in [6, 6.07) is 7.64. The second kappa shape index (κ2) is 10.5. The van der Waals surface area contributed by atoms with Crippen molar-refractivity contribution in [2.24, 2.45) is 0 Å². The van der Waals surface area contributed by atoms with E-state index in [1.54, 1.807) is 0 Å². The number of benzene rings is 1. The maximum absolute atomic E-state index is 9.38. The lowest BCUT2D eigenvalue weighted by atomic mass is 10.2. The summed E-state index contributed by atoms with van der Waals surface area (Å²) in [4.78, 5) is 0. The van der Waals surface area contributed by atoms with Gasteiger partial charge < -0.3 is 25.0 Å². The summed E-state index contributed by atoms with van der Waals surface area (Å²) in [5.74, 6) is 0.824. The minimum absolute atomic E-state index is 0.117. The molecule has 0 radical (unpaired) electrons. The highest BCUT2D eigenvalue weighted by Crippen LogP contribution is 2.16. The van der Waals surface area contributed by atoms with E-state index in [-0.39, 0.29) is 6.61 Å². The van der Waals surface area contributed by atoms with Crippen LogP contribution in [0.4, 0.5) is 5.69 Å². The quantitative estimate of drug-likeness (QED) is 0.428. The zero-order valence-corrected chi connectivity index (χ0v) is 12.0. The fourth-order valence-electron chi connectivity index (χ4n) is 1.76. The van der Waals surface area contributed by atoms with Gasteiger partial charge in [-0.25, -0.2) is 0 Å². The minimum atomic E-state index is -0.656. The molecule has 0 aliphatic heterocycles. The van der Waals surface area contributed by atoms with Gasteiger partial charge in [0.25, 0.3) is 0 Å². The molecule has 1 rings (SSSR count). The molecule has 5 nitrogen and oxygen atoms in total. The number of hydrogen-bond donors (Lipinski definition) is 3. The Bertz CT molecular complexity index is 342. The topological polar surface area (TPSA) is 71.0 Å². The molecule has 0 saturated heterocycles. The molecule has 0 fully saturated rings. The van der Waals surface area contributed by atoms with Gasteiger partial charge in [0.15, 0.2) is 6.29 Å². The van der Waals surface area contributed by atoms with Crippen molar-refractivity contribution >= 4 is 5.69 Å². The van der Waals surface area contributed by atoms with Crippen molar-refractivity contribution in [1.29, 1.82) is 0 Å². The number of anilines is 1. The number of unbranched alkanes of at least 4 members (excludes halogenated alkanes) is 1. The van der Waals surface area contributed by atoms with Crippen LogP contribution in [0.15, 0.2) is 24.3 Å². The minimum Gasteiger partial charge on any atom is -0.494 e. The molecular weight excluding hydrogens is 258 g/mol. The molecule has 1 atom stereocenters. The van der Waals surface area contributed by atoms with Gasteiger partial charge in [-0.1, -0.05) is 0 Å².